The van der Waals surface area contributed by atoms with Crippen molar-refractivity contribution in [2.75, 3.05) is 33.3 Å². The molecule has 186 valence electrons. The van der Waals surface area contributed by atoms with Crippen molar-refractivity contribution >= 4 is 29.3 Å². The van der Waals surface area contributed by atoms with Crippen molar-refractivity contribution in [1.29, 1.82) is 0 Å². The molecular formula is C27H32ClN3O4. The van der Waals surface area contributed by atoms with Gasteiger partial charge in [0.15, 0.2) is 0 Å². The van der Waals surface area contributed by atoms with E-state index in [9.17, 15) is 14.4 Å². The average molecular weight is 498 g/mol. The number of benzene rings is 2. The van der Waals surface area contributed by atoms with E-state index in [1.165, 1.54) is 0 Å². The second-order valence-corrected chi connectivity index (χ2v) is 9.58. The van der Waals surface area contributed by atoms with Crippen molar-refractivity contribution < 1.29 is 19.1 Å². The summed E-state index contributed by atoms with van der Waals surface area (Å²) >= 11 is 6.24. The third-order valence-electron chi connectivity index (χ3n) is 6.97. The number of methoxy groups -OCH3 is 1. The van der Waals surface area contributed by atoms with E-state index in [0.29, 0.717) is 60.9 Å². The van der Waals surface area contributed by atoms with Crippen molar-refractivity contribution in [2.45, 2.75) is 38.1 Å². The maximum absolute atomic E-state index is 13.5. The predicted octanol–water partition coefficient (Wildman–Crippen LogP) is 4.01. The molecule has 0 spiro atoms. The molecule has 8 heteroatoms. The van der Waals surface area contributed by atoms with E-state index >= 15 is 0 Å². The van der Waals surface area contributed by atoms with E-state index in [2.05, 4.69) is 5.32 Å². The van der Waals surface area contributed by atoms with Crippen LogP contribution < -0.4 is 10.1 Å². The zero-order valence-corrected chi connectivity index (χ0v) is 20.8. The molecule has 2 saturated heterocycles. The van der Waals surface area contributed by atoms with Crippen LogP contribution in [0.5, 0.6) is 5.75 Å². The van der Waals surface area contributed by atoms with Gasteiger partial charge in [-0.1, -0.05) is 23.7 Å². The van der Waals surface area contributed by atoms with Crippen molar-refractivity contribution in [2.24, 2.45) is 5.92 Å². The molecule has 0 radical (unpaired) electrons. The number of carbonyl (C=O) groups is 3. The van der Waals surface area contributed by atoms with Crippen LogP contribution in [-0.2, 0) is 4.79 Å². The molecular weight excluding hydrogens is 466 g/mol. The molecule has 2 aliphatic heterocycles. The molecule has 3 amide bonds. The third kappa shape index (κ3) is 5.96. The van der Waals surface area contributed by atoms with E-state index in [1.54, 1.807) is 55.6 Å². The Morgan fingerprint density at radius 3 is 2.20 bits per heavy atom. The summed E-state index contributed by atoms with van der Waals surface area (Å²) in [6.45, 7) is 2.49. The van der Waals surface area contributed by atoms with E-state index in [1.807, 2.05) is 9.80 Å². The summed E-state index contributed by atoms with van der Waals surface area (Å²) < 4.78 is 5.17. The topological polar surface area (TPSA) is 79.0 Å². The van der Waals surface area contributed by atoms with Crippen molar-refractivity contribution in [3.63, 3.8) is 0 Å². The van der Waals surface area contributed by atoms with Crippen LogP contribution in [-0.4, -0.2) is 66.9 Å². The van der Waals surface area contributed by atoms with Gasteiger partial charge < -0.3 is 19.9 Å². The lowest BCUT2D eigenvalue weighted by Gasteiger charge is -2.38. The Labute approximate surface area is 211 Å². The fourth-order valence-corrected chi connectivity index (χ4v) is 5.13. The molecule has 2 heterocycles. The molecule has 0 unspecified atom stereocenters. The van der Waals surface area contributed by atoms with Crippen LogP contribution in [0.3, 0.4) is 0 Å². The second-order valence-electron chi connectivity index (χ2n) is 9.18. The minimum Gasteiger partial charge on any atom is -0.497 e. The van der Waals surface area contributed by atoms with Gasteiger partial charge in [0.25, 0.3) is 11.8 Å². The minimum atomic E-state index is -0.643. The summed E-state index contributed by atoms with van der Waals surface area (Å²) in [6.07, 6.45) is 4.34. The highest BCUT2D eigenvalue weighted by Crippen LogP contribution is 2.26. The summed E-state index contributed by atoms with van der Waals surface area (Å²) in [5.74, 6) is 0.224. The number of rotatable bonds is 6. The molecule has 2 fully saturated rings. The molecule has 35 heavy (non-hydrogen) atoms. The Morgan fingerprint density at radius 2 is 1.57 bits per heavy atom. The number of amides is 3. The average Bonchev–Trinajstić information content (AvgIpc) is 2.91. The molecule has 0 saturated carbocycles. The normalized spacial score (nSPS) is 17.5. The lowest BCUT2D eigenvalue weighted by atomic mass is 9.87. The monoisotopic (exact) mass is 497 g/mol. The van der Waals surface area contributed by atoms with Crippen LogP contribution in [0.25, 0.3) is 0 Å². The Morgan fingerprint density at radius 1 is 0.914 bits per heavy atom. The maximum Gasteiger partial charge on any atom is 0.253 e. The molecule has 0 aliphatic carbocycles. The zero-order chi connectivity index (χ0) is 24.8. The molecule has 1 atom stereocenters. The van der Waals surface area contributed by atoms with Crippen LogP contribution in [0.1, 0.15) is 52.8 Å². The van der Waals surface area contributed by atoms with Crippen molar-refractivity contribution in [1.82, 2.24) is 15.1 Å². The van der Waals surface area contributed by atoms with E-state index in [0.717, 1.165) is 19.3 Å². The van der Waals surface area contributed by atoms with Gasteiger partial charge in [-0.25, -0.2) is 0 Å². The third-order valence-corrected chi connectivity index (χ3v) is 7.30. The number of ether oxygens (including phenoxy) is 1. The van der Waals surface area contributed by atoms with Crippen LogP contribution in [0, 0.1) is 5.92 Å². The van der Waals surface area contributed by atoms with E-state index < -0.39 is 6.04 Å². The number of nitrogens with zero attached hydrogens (tertiary/aromatic N) is 2. The Kier molecular flexibility index (Phi) is 8.29. The highest BCUT2D eigenvalue weighted by Gasteiger charge is 2.36. The van der Waals surface area contributed by atoms with Crippen molar-refractivity contribution in [3.05, 3.63) is 64.7 Å². The number of hydrogen-bond acceptors (Lipinski definition) is 4. The first-order valence-corrected chi connectivity index (χ1v) is 12.6. The number of likely N-dealkylation sites (tertiary alicyclic amines) is 2. The summed E-state index contributed by atoms with van der Waals surface area (Å²) in [7, 11) is 1.59. The van der Waals surface area contributed by atoms with Gasteiger partial charge in [-0.3, -0.25) is 14.4 Å². The Balaban J connectivity index is 1.46. The molecule has 1 N–H and O–H groups in total. The fourth-order valence-electron chi connectivity index (χ4n) is 4.91. The first-order chi connectivity index (χ1) is 17.0. The van der Waals surface area contributed by atoms with E-state index in [4.69, 9.17) is 16.3 Å². The summed E-state index contributed by atoms with van der Waals surface area (Å²) in [5, 5.41) is 3.35. The van der Waals surface area contributed by atoms with Gasteiger partial charge in [0.05, 0.1) is 17.7 Å². The molecule has 2 aromatic carbocycles. The highest BCUT2D eigenvalue weighted by molar-refractivity contribution is 6.33. The van der Waals surface area contributed by atoms with Gasteiger partial charge in [0.2, 0.25) is 5.91 Å². The van der Waals surface area contributed by atoms with Gasteiger partial charge >= 0.3 is 0 Å². The first-order valence-electron chi connectivity index (χ1n) is 12.3. The minimum absolute atomic E-state index is 0.0369. The van der Waals surface area contributed by atoms with Crippen LogP contribution in [0.4, 0.5) is 0 Å². The highest BCUT2D eigenvalue weighted by atomic mass is 35.5. The molecule has 2 aromatic rings. The number of carbonyl (C=O) groups excluding carboxylic acids is 3. The molecule has 4 rings (SSSR count). The quantitative estimate of drug-likeness (QED) is 0.654. The van der Waals surface area contributed by atoms with Gasteiger partial charge in [0.1, 0.15) is 11.8 Å². The van der Waals surface area contributed by atoms with Gasteiger partial charge in [0, 0.05) is 31.7 Å². The zero-order valence-electron chi connectivity index (χ0n) is 20.0. The summed E-state index contributed by atoms with van der Waals surface area (Å²) in [4.78, 5) is 43.3. The number of nitrogens with one attached hydrogen (secondary N) is 1. The maximum atomic E-state index is 13.5. The molecule has 0 bridgehead atoms. The lowest BCUT2D eigenvalue weighted by Crippen LogP contribution is -2.55. The predicted molar refractivity (Wildman–Crippen MR) is 135 cm³/mol. The lowest BCUT2D eigenvalue weighted by molar-refractivity contribution is -0.136. The van der Waals surface area contributed by atoms with Gasteiger partial charge in [-0.15, -0.1) is 0 Å². The van der Waals surface area contributed by atoms with Crippen LogP contribution in [0.15, 0.2) is 48.5 Å². The second kappa shape index (κ2) is 11.6. The number of piperidine rings is 2. The molecule has 0 aromatic heterocycles. The fraction of sp³-hybridized carbons (Fsp3) is 0.444. The summed E-state index contributed by atoms with van der Waals surface area (Å²) in [6, 6.07) is 13.3. The number of hydrogen-bond donors (Lipinski definition) is 1. The van der Waals surface area contributed by atoms with Gasteiger partial charge in [-0.2, -0.15) is 0 Å². The van der Waals surface area contributed by atoms with Gasteiger partial charge in [-0.05, 0) is 74.4 Å². The largest absolute Gasteiger partial charge is 0.497 e. The van der Waals surface area contributed by atoms with Crippen LogP contribution in [0.2, 0.25) is 5.02 Å². The van der Waals surface area contributed by atoms with Crippen LogP contribution >= 0.6 is 11.6 Å². The Hall–Kier alpha value is -3.06. The van der Waals surface area contributed by atoms with Crippen molar-refractivity contribution in [3.8, 4) is 5.75 Å². The first kappa shape index (κ1) is 25.0. The SMILES string of the molecule is COc1ccc(C(=O)N2CCC([C@H](NC(=O)c3ccccc3Cl)C(=O)N3CCCCC3)CC2)cc1. The molecule has 2 aliphatic rings. The molecule has 7 nitrogen and oxygen atoms in total. The number of halogens is 1. The summed E-state index contributed by atoms with van der Waals surface area (Å²) in [5.41, 5.74) is 0.968. The standard InChI is InChI=1S/C27H32ClN3O4/c1-35-21-11-9-20(10-12-21)26(33)31-17-13-19(14-18-31)24(27(34)30-15-5-2-6-16-30)29-25(32)22-7-3-4-8-23(22)28/h3-4,7-12,19,24H,2,5-6,13-18H2,1H3,(H,29,32)/t24-/m0/s1. The Bertz CT molecular complexity index is 1040. The smallest absolute Gasteiger partial charge is 0.253 e. The van der Waals surface area contributed by atoms with E-state index in [-0.39, 0.29) is 23.6 Å².